The maximum Gasteiger partial charge on any atom is 0.410 e. The summed E-state index contributed by atoms with van der Waals surface area (Å²) in [5.41, 5.74) is -1.60. The van der Waals surface area contributed by atoms with Gasteiger partial charge in [0.05, 0.1) is 24.2 Å². The molecule has 0 N–H and O–H groups in total. The maximum atomic E-state index is 15.4. The van der Waals surface area contributed by atoms with E-state index < -0.39 is 46.3 Å². The van der Waals surface area contributed by atoms with Crippen molar-refractivity contribution in [2.75, 3.05) is 37.7 Å². The van der Waals surface area contributed by atoms with Gasteiger partial charge in [0.25, 0.3) is 5.92 Å². The van der Waals surface area contributed by atoms with E-state index in [9.17, 15) is 13.6 Å². The highest BCUT2D eigenvalue weighted by Crippen LogP contribution is 2.48. The Balaban J connectivity index is 1.39. The predicted octanol–water partition coefficient (Wildman–Crippen LogP) is 4.66. The number of carbonyl (C=O) groups excluding carboxylic acids is 1. The number of hydrogen-bond donors (Lipinski definition) is 0. The van der Waals surface area contributed by atoms with Crippen LogP contribution in [0, 0.1) is 5.82 Å². The summed E-state index contributed by atoms with van der Waals surface area (Å²) in [4.78, 5) is 31.7. The number of rotatable bonds is 4. The largest absolute Gasteiger partial charge is 0.472 e. The molecule has 0 unspecified atom stereocenters. The molecule has 1 amide bonds. The third-order valence-electron chi connectivity index (χ3n) is 8.50. The van der Waals surface area contributed by atoms with Crippen molar-refractivity contribution in [3.05, 3.63) is 11.0 Å². The third-order valence-corrected chi connectivity index (χ3v) is 8.75. The summed E-state index contributed by atoms with van der Waals surface area (Å²) in [6.07, 6.45) is -0.108. The van der Waals surface area contributed by atoms with Crippen molar-refractivity contribution in [1.29, 1.82) is 0 Å². The van der Waals surface area contributed by atoms with E-state index in [0.717, 1.165) is 0 Å². The molecule has 2 aromatic heterocycles. The van der Waals surface area contributed by atoms with Crippen molar-refractivity contribution >= 4 is 34.4 Å². The fourth-order valence-electron chi connectivity index (χ4n) is 6.69. The number of fused-ring (bicyclic) bond motifs is 3. The smallest absolute Gasteiger partial charge is 0.410 e. The Bertz CT molecular complexity index is 1390. The molecular formula is C27H34ClF3N6O4. The van der Waals surface area contributed by atoms with Crippen LogP contribution in [0.4, 0.5) is 23.8 Å². The second-order valence-corrected chi connectivity index (χ2v) is 12.8. The molecule has 4 aliphatic heterocycles. The maximum absolute atomic E-state index is 15.4. The number of nitrogens with zero attached hydrogens (tertiary/aromatic N) is 6. The molecule has 10 nitrogen and oxygen atoms in total. The van der Waals surface area contributed by atoms with E-state index in [1.807, 2.05) is 39.5 Å². The molecule has 0 radical (unpaired) electrons. The van der Waals surface area contributed by atoms with Crippen LogP contribution in [0.5, 0.6) is 11.9 Å². The van der Waals surface area contributed by atoms with E-state index in [0.29, 0.717) is 38.3 Å². The number of aromatic nitrogens is 3. The lowest BCUT2D eigenvalue weighted by Crippen LogP contribution is -2.65. The van der Waals surface area contributed by atoms with E-state index in [2.05, 4.69) is 15.0 Å². The van der Waals surface area contributed by atoms with E-state index in [-0.39, 0.29) is 48.4 Å². The summed E-state index contributed by atoms with van der Waals surface area (Å²) in [7, 11) is 0. The average Bonchev–Trinajstić information content (AvgIpc) is 2.98. The van der Waals surface area contributed by atoms with Gasteiger partial charge >= 0.3 is 12.1 Å². The standard InChI is InChI=1S/C27H34ClF3N6O4/c1-6-15-19-14(2)40-22-16-18(17(29)20(28)33-22)32-23(39-13-26-7-8-35(26)12-27(30,31)11-26)34-21(16)37(19)10-9-36(15)24(38)41-25(3,4)5/h14-15,19H,6-13H2,1-5H3/t14-,15-,19+,26+/m0/s1. The van der Waals surface area contributed by atoms with Gasteiger partial charge in [-0.25, -0.2) is 18.0 Å². The van der Waals surface area contributed by atoms with E-state index in [4.69, 9.17) is 25.8 Å². The van der Waals surface area contributed by atoms with Crippen LogP contribution in [0.3, 0.4) is 0 Å². The Morgan fingerprint density at radius 3 is 2.59 bits per heavy atom. The molecule has 0 bridgehead atoms. The zero-order chi connectivity index (χ0) is 29.5. The lowest BCUT2D eigenvalue weighted by molar-refractivity contribution is -0.0132. The van der Waals surface area contributed by atoms with Crippen molar-refractivity contribution in [2.24, 2.45) is 0 Å². The molecule has 14 heteroatoms. The monoisotopic (exact) mass is 598 g/mol. The molecule has 3 fully saturated rings. The van der Waals surface area contributed by atoms with Crippen LogP contribution in [-0.4, -0.2) is 98.9 Å². The van der Waals surface area contributed by atoms with Crippen LogP contribution in [-0.2, 0) is 4.74 Å². The summed E-state index contributed by atoms with van der Waals surface area (Å²) in [5.74, 6) is -3.24. The molecule has 6 heterocycles. The Kier molecular flexibility index (Phi) is 6.64. The van der Waals surface area contributed by atoms with Gasteiger partial charge < -0.3 is 24.0 Å². The SMILES string of the molecule is CC[C@H]1[C@H]2[C@H](C)Oc3nc(Cl)c(F)c4nc(OC[C@]56CCN5CC(F)(F)C6)nc(c34)N2CCN1C(=O)OC(C)(C)C. The van der Waals surface area contributed by atoms with Crippen molar-refractivity contribution < 1.29 is 32.2 Å². The highest BCUT2D eigenvalue weighted by molar-refractivity contribution is 6.30. The van der Waals surface area contributed by atoms with Crippen molar-refractivity contribution in [2.45, 2.75) is 89.1 Å². The predicted molar refractivity (Wildman–Crippen MR) is 145 cm³/mol. The van der Waals surface area contributed by atoms with Crippen LogP contribution >= 0.6 is 11.6 Å². The number of ether oxygens (including phenoxy) is 3. The second kappa shape index (κ2) is 9.62. The van der Waals surface area contributed by atoms with E-state index >= 15 is 4.39 Å². The normalized spacial score (nSPS) is 28.9. The van der Waals surface area contributed by atoms with Crippen molar-refractivity contribution in [3.63, 3.8) is 0 Å². The van der Waals surface area contributed by atoms with Gasteiger partial charge in [-0.1, -0.05) is 18.5 Å². The molecule has 2 aromatic rings. The van der Waals surface area contributed by atoms with Gasteiger partial charge in [0.1, 0.15) is 35.0 Å². The second-order valence-electron chi connectivity index (χ2n) is 12.4. The van der Waals surface area contributed by atoms with Crippen LogP contribution in [0.25, 0.3) is 10.9 Å². The van der Waals surface area contributed by atoms with Gasteiger partial charge in [-0.2, -0.15) is 15.0 Å². The first-order chi connectivity index (χ1) is 19.2. The van der Waals surface area contributed by atoms with Crippen LogP contribution in [0.15, 0.2) is 0 Å². The highest BCUT2D eigenvalue weighted by Gasteiger charge is 2.60. The van der Waals surface area contributed by atoms with Gasteiger partial charge in [-0.15, -0.1) is 0 Å². The van der Waals surface area contributed by atoms with Gasteiger partial charge in [0.15, 0.2) is 11.0 Å². The number of anilines is 1. The first-order valence-corrected chi connectivity index (χ1v) is 14.3. The molecule has 4 atom stereocenters. The van der Waals surface area contributed by atoms with Crippen LogP contribution < -0.4 is 14.4 Å². The van der Waals surface area contributed by atoms with Crippen LogP contribution in [0.1, 0.15) is 53.9 Å². The minimum Gasteiger partial charge on any atom is -0.472 e. The lowest BCUT2D eigenvalue weighted by Gasteiger charge is -2.48. The molecule has 0 spiro atoms. The van der Waals surface area contributed by atoms with Crippen molar-refractivity contribution in [3.8, 4) is 11.9 Å². The molecule has 3 saturated heterocycles. The molecule has 224 valence electrons. The minimum atomic E-state index is -2.79. The molecule has 0 aromatic carbocycles. The third kappa shape index (κ3) is 4.78. The van der Waals surface area contributed by atoms with Gasteiger partial charge in [-0.3, -0.25) is 4.90 Å². The highest BCUT2D eigenvalue weighted by atomic mass is 35.5. The summed E-state index contributed by atoms with van der Waals surface area (Å²) in [6, 6.07) is -0.884. The number of hydrogen-bond acceptors (Lipinski definition) is 9. The number of alkyl halides is 2. The Morgan fingerprint density at radius 2 is 1.95 bits per heavy atom. The first kappa shape index (κ1) is 28.3. The summed E-state index contributed by atoms with van der Waals surface area (Å²) in [5, 5.41) is -0.179. The summed E-state index contributed by atoms with van der Waals surface area (Å²) in [6.45, 7) is 10.1. The zero-order valence-corrected chi connectivity index (χ0v) is 24.5. The number of carbonyl (C=O) groups is 1. The molecule has 4 aliphatic rings. The van der Waals surface area contributed by atoms with Gasteiger partial charge in [0, 0.05) is 26.1 Å². The summed E-state index contributed by atoms with van der Waals surface area (Å²) < 4.78 is 61.7. The molecular weight excluding hydrogens is 565 g/mol. The molecule has 41 heavy (non-hydrogen) atoms. The Hall–Kier alpha value is -2.80. The molecule has 0 saturated carbocycles. The Morgan fingerprint density at radius 1 is 1.20 bits per heavy atom. The number of pyridine rings is 1. The average molecular weight is 599 g/mol. The van der Waals surface area contributed by atoms with Gasteiger partial charge in [-0.05, 0) is 40.5 Å². The number of halogens is 4. The molecule has 0 aliphatic carbocycles. The minimum absolute atomic E-state index is 0.0544. The van der Waals surface area contributed by atoms with E-state index in [1.165, 1.54) is 0 Å². The number of piperazine rings is 1. The van der Waals surface area contributed by atoms with Crippen molar-refractivity contribution in [1.82, 2.24) is 24.8 Å². The van der Waals surface area contributed by atoms with Crippen LogP contribution in [0.2, 0.25) is 5.15 Å². The quantitative estimate of drug-likeness (QED) is 0.466. The molecule has 6 rings (SSSR count). The fourth-order valence-corrected chi connectivity index (χ4v) is 6.85. The summed E-state index contributed by atoms with van der Waals surface area (Å²) >= 11 is 6.16. The lowest BCUT2D eigenvalue weighted by atomic mass is 9.85. The topological polar surface area (TPSA) is 93.2 Å². The Labute approximate surface area is 241 Å². The van der Waals surface area contributed by atoms with Gasteiger partial charge in [0.2, 0.25) is 5.88 Å². The first-order valence-electron chi connectivity index (χ1n) is 14.0. The fraction of sp³-hybridized carbons (Fsp3) is 0.704. The zero-order valence-electron chi connectivity index (χ0n) is 23.7. The van der Waals surface area contributed by atoms with E-state index in [1.54, 1.807) is 9.80 Å². The number of amides is 1.